The van der Waals surface area contributed by atoms with Crippen LogP contribution in [0, 0.1) is 0 Å². The quantitative estimate of drug-likeness (QED) is 0.810. The molecule has 1 atom stereocenters. The van der Waals surface area contributed by atoms with Crippen molar-refractivity contribution in [2.24, 2.45) is 0 Å². The van der Waals surface area contributed by atoms with Gasteiger partial charge in [-0.15, -0.1) is 11.8 Å². The van der Waals surface area contributed by atoms with Crippen molar-refractivity contribution >= 4 is 22.5 Å². The Labute approximate surface area is 113 Å². The second kappa shape index (κ2) is 5.33. The molecule has 1 unspecified atom stereocenters. The van der Waals surface area contributed by atoms with E-state index in [9.17, 15) is 0 Å². The lowest BCUT2D eigenvalue weighted by Crippen LogP contribution is -2.24. The molecule has 1 nitrogen and oxygen atoms in total. The third kappa shape index (κ3) is 3.06. The summed E-state index contributed by atoms with van der Waals surface area (Å²) < 4.78 is 0. The summed E-state index contributed by atoms with van der Waals surface area (Å²) in [4.78, 5) is 1.37. The third-order valence-corrected chi connectivity index (χ3v) is 4.42. The van der Waals surface area contributed by atoms with E-state index in [0.29, 0.717) is 5.25 Å². The number of nitrogens with one attached hydrogen (secondary N) is 1. The highest BCUT2D eigenvalue weighted by atomic mass is 32.2. The van der Waals surface area contributed by atoms with E-state index in [4.69, 9.17) is 0 Å². The SMILES string of the molecule is CC(CNC1CC1)Sc1ccc2ccccc2c1. The van der Waals surface area contributed by atoms with E-state index in [1.165, 1.54) is 28.5 Å². The standard InChI is InChI=1S/C16H19NS/c1-12(11-17-15-7-8-15)18-16-9-6-13-4-2-3-5-14(13)10-16/h2-6,9-10,12,15,17H,7-8,11H2,1H3. The number of hydrogen-bond donors (Lipinski definition) is 1. The van der Waals surface area contributed by atoms with Crippen LogP contribution in [0.4, 0.5) is 0 Å². The molecular weight excluding hydrogens is 238 g/mol. The summed E-state index contributed by atoms with van der Waals surface area (Å²) >= 11 is 1.97. The smallest absolute Gasteiger partial charge is 0.0191 e. The predicted octanol–water partition coefficient (Wildman–Crippen LogP) is 4.07. The van der Waals surface area contributed by atoms with E-state index in [1.54, 1.807) is 0 Å². The van der Waals surface area contributed by atoms with Gasteiger partial charge < -0.3 is 5.32 Å². The average Bonchev–Trinajstić information content (AvgIpc) is 3.20. The monoisotopic (exact) mass is 257 g/mol. The highest BCUT2D eigenvalue weighted by molar-refractivity contribution is 8.00. The largest absolute Gasteiger partial charge is 0.313 e. The van der Waals surface area contributed by atoms with Crippen molar-refractivity contribution in [3.05, 3.63) is 42.5 Å². The van der Waals surface area contributed by atoms with E-state index in [0.717, 1.165) is 12.6 Å². The van der Waals surface area contributed by atoms with Crippen molar-refractivity contribution in [1.29, 1.82) is 0 Å². The first kappa shape index (κ1) is 12.1. The van der Waals surface area contributed by atoms with Gasteiger partial charge in [-0.05, 0) is 35.7 Å². The van der Waals surface area contributed by atoms with Gasteiger partial charge in [-0.1, -0.05) is 37.3 Å². The van der Waals surface area contributed by atoms with Gasteiger partial charge in [-0.3, -0.25) is 0 Å². The van der Waals surface area contributed by atoms with Crippen LogP contribution in [0.25, 0.3) is 10.8 Å². The van der Waals surface area contributed by atoms with Crippen LogP contribution in [-0.4, -0.2) is 17.8 Å². The molecule has 94 valence electrons. The molecule has 0 amide bonds. The summed E-state index contributed by atoms with van der Waals surface area (Å²) in [5.74, 6) is 0. The van der Waals surface area contributed by atoms with Crippen LogP contribution in [0.15, 0.2) is 47.4 Å². The first-order valence-corrected chi connectivity index (χ1v) is 7.58. The van der Waals surface area contributed by atoms with E-state index in [2.05, 4.69) is 54.7 Å². The van der Waals surface area contributed by atoms with Gasteiger partial charge in [0, 0.05) is 22.7 Å². The maximum Gasteiger partial charge on any atom is 0.0191 e. The third-order valence-electron chi connectivity index (χ3n) is 3.33. The van der Waals surface area contributed by atoms with Gasteiger partial charge in [0.05, 0.1) is 0 Å². The van der Waals surface area contributed by atoms with Crippen LogP contribution in [0.2, 0.25) is 0 Å². The van der Waals surface area contributed by atoms with Gasteiger partial charge in [0.2, 0.25) is 0 Å². The van der Waals surface area contributed by atoms with Crippen molar-refractivity contribution < 1.29 is 0 Å². The normalized spacial score (nSPS) is 16.9. The zero-order chi connectivity index (χ0) is 12.4. The number of fused-ring (bicyclic) bond motifs is 1. The Kier molecular flexibility index (Phi) is 3.57. The molecule has 2 aromatic rings. The molecule has 1 saturated carbocycles. The fourth-order valence-electron chi connectivity index (χ4n) is 2.13. The molecular formula is C16H19NS. The number of rotatable bonds is 5. The minimum absolute atomic E-state index is 0.631. The van der Waals surface area contributed by atoms with Crippen molar-refractivity contribution in [2.45, 2.75) is 36.0 Å². The Morgan fingerprint density at radius 1 is 1.17 bits per heavy atom. The lowest BCUT2D eigenvalue weighted by atomic mass is 10.1. The van der Waals surface area contributed by atoms with Gasteiger partial charge in [-0.25, -0.2) is 0 Å². The molecule has 1 fully saturated rings. The predicted molar refractivity (Wildman–Crippen MR) is 80.3 cm³/mol. The van der Waals surface area contributed by atoms with E-state index < -0.39 is 0 Å². The van der Waals surface area contributed by atoms with Gasteiger partial charge >= 0.3 is 0 Å². The number of thioether (sulfide) groups is 1. The topological polar surface area (TPSA) is 12.0 Å². The second-order valence-electron chi connectivity index (χ2n) is 5.12. The Balaban J connectivity index is 1.65. The van der Waals surface area contributed by atoms with Crippen LogP contribution in [0.1, 0.15) is 19.8 Å². The first-order valence-electron chi connectivity index (χ1n) is 6.70. The molecule has 0 aromatic heterocycles. The summed E-state index contributed by atoms with van der Waals surface area (Å²) in [7, 11) is 0. The Bertz CT molecular complexity index is 533. The van der Waals surface area contributed by atoms with Crippen molar-refractivity contribution in [1.82, 2.24) is 5.32 Å². The van der Waals surface area contributed by atoms with Crippen LogP contribution in [0.3, 0.4) is 0 Å². The van der Waals surface area contributed by atoms with E-state index in [1.807, 2.05) is 11.8 Å². The van der Waals surface area contributed by atoms with Crippen LogP contribution in [0.5, 0.6) is 0 Å². The summed E-state index contributed by atoms with van der Waals surface area (Å²) in [6, 6.07) is 16.1. The average molecular weight is 257 g/mol. The van der Waals surface area contributed by atoms with E-state index in [-0.39, 0.29) is 0 Å². The van der Waals surface area contributed by atoms with Gasteiger partial charge in [0.15, 0.2) is 0 Å². The molecule has 0 aliphatic heterocycles. The maximum absolute atomic E-state index is 3.59. The fraction of sp³-hybridized carbons (Fsp3) is 0.375. The second-order valence-corrected chi connectivity index (χ2v) is 6.63. The Hall–Kier alpha value is -0.990. The Morgan fingerprint density at radius 3 is 2.72 bits per heavy atom. The van der Waals surface area contributed by atoms with Crippen LogP contribution in [-0.2, 0) is 0 Å². The van der Waals surface area contributed by atoms with Crippen molar-refractivity contribution in [3.63, 3.8) is 0 Å². The molecule has 1 aliphatic rings. The minimum Gasteiger partial charge on any atom is -0.313 e. The molecule has 2 heteroatoms. The summed E-state index contributed by atoms with van der Waals surface area (Å²) in [5.41, 5.74) is 0. The molecule has 0 spiro atoms. The molecule has 1 N–H and O–H groups in total. The minimum atomic E-state index is 0.631. The van der Waals surface area contributed by atoms with Crippen molar-refractivity contribution in [3.8, 4) is 0 Å². The van der Waals surface area contributed by atoms with Gasteiger partial charge in [0.1, 0.15) is 0 Å². The van der Waals surface area contributed by atoms with Crippen LogP contribution < -0.4 is 5.32 Å². The summed E-state index contributed by atoms with van der Waals surface area (Å²) in [6.45, 7) is 3.41. The fourth-order valence-corrected chi connectivity index (χ4v) is 3.12. The molecule has 0 radical (unpaired) electrons. The lowest BCUT2D eigenvalue weighted by molar-refractivity contribution is 0.679. The highest BCUT2D eigenvalue weighted by Crippen LogP contribution is 2.27. The Morgan fingerprint density at radius 2 is 1.94 bits per heavy atom. The highest BCUT2D eigenvalue weighted by Gasteiger charge is 2.20. The zero-order valence-corrected chi connectivity index (χ0v) is 11.5. The maximum atomic E-state index is 3.59. The van der Waals surface area contributed by atoms with E-state index >= 15 is 0 Å². The van der Waals surface area contributed by atoms with Gasteiger partial charge in [-0.2, -0.15) is 0 Å². The molecule has 0 bridgehead atoms. The molecule has 1 aliphatic carbocycles. The van der Waals surface area contributed by atoms with Crippen LogP contribution >= 0.6 is 11.8 Å². The van der Waals surface area contributed by atoms with Crippen molar-refractivity contribution in [2.75, 3.05) is 6.54 Å². The lowest BCUT2D eigenvalue weighted by Gasteiger charge is -2.12. The summed E-state index contributed by atoms with van der Waals surface area (Å²) in [6.07, 6.45) is 2.74. The molecule has 3 rings (SSSR count). The number of benzene rings is 2. The molecule has 0 saturated heterocycles. The zero-order valence-electron chi connectivity index (χ0n) is 10.7. The molecule has 0 heterocycles. The van der Waals surface area contributed by atoms with Gasteiger partial charge in [0.25, 0.3) is 0 Å². The summed E-state index contributed by atoms with van der Waals surface area (Å²) in [5, 5.41) is 6.89. The first-order chi connectivity index (χ1) is 8.81. The molecule has 2 aromatic carbocycles. The molecule has 18 heavy (non-hydrogen) atoms. The number of hydrogen-bond acceptors (Lipinski definition) is 2.